The molecule has 0 spiro atoms. The third-order valence-corrected chi connectivity index (χ3v) is 7.64. The molecule has 0 radical (unpaired) electrons. The number of halogens is 2. The van der Waals surface area contributed by atoms with Gasteiger partial charge in [-0.15, -0.1) is 11.3 Å². The van der Waals surface area contributed by atoms with Gasteiger partial charge in [-0.3, -0.25) is 4.72 Å². The van der Waals surface area contributed by atoms with Gasteiger partial charge < -0.3 is 5.73 Å². The van der Waals surface area contributed by atoms with Crippen molar-refractivity contribution in [2.75, 3.05) is 16.2 Å². The van der Waals surface area contributed by atoms with Crippen molar-refractivity contribution >= 4 is 44.6 Å². The van der Waals surface area contributed by atoms with Crippen molar-refractivity contribution in [3.63, 3.8) is 0 Å². The van der Waals surface area contributed by atoms with E-state index in [1.807, 2.05) is 20.8 Å². The second-order valence-electron chi connectivity index (χ2n) is 8.84. The van der Waals surface area contributed by atoms with E-state index in [9.17, 15) is 8.42 Å². The largest absolute Gasteiger partial charge is 0.368 e. The van der Waals surface area contributed by atoms with Crippen LogP contribution in [0.15, 0.2) is 24.4 Å². The average Bonchev–Trinajstić information content (AvgIpc) is 3.08. The summed E-state index contributed by atoms with van der Waals surface area (Å²) in [6, 6.07) is 4.33. The summed E-state index contributed by atoms with van der Waals surface area (Å²) in [4.78, 5) is 13.4. The number of rotatable bonds is 6. The maximum atomic E-state index is 15.6. The molecule has 2 heterocycles. The lowest BCUT2D eigenvalue weighted by atomic mass is 9.98. The predicted molar refractivity (Wildman–Crippen MR) is 129 cm³/mol. The predicted octanol–water partition coefficient (Wildman–Crippen LogP) is 5.34. The summed E-state index contributed by atoms with van der Waals surface area (Å²) < 4.78 is 42.8. The van der Waals surface area contributed by atoms with Gasteiger partial charge in [-0.05, 0) is 24.1 Å². The van der Waals surface area contributed by atoms with Crippen molar-refractivity contribution < 1.29 is 12.8 Å². The van der Waals surface area contributed by atoms with Gasteiger partial charge in [0.2, 0.25) is 16.0 Å². The molecular formula is C21H25ClFN5O2S2. The van der Waals surface area contributed by atoms with Crippen molar-refractivity contribution in [1.29, 1.82) is 0 Å². The van der Waals surface area contributed by atoms with Crippen LogP contribution in [0.25, 0.3) is 21.8 Å². The standard InChI is InChI=1S/C21H25ClFN5O2S2/c1-11(2)10-32(29,30)28-15-9-12(22)8-13(16(15)23)17-18(14-6-7-25-20(24)26-14)31-19(27-17)21(3,4)5/h6-9,11,28H,10H2,1-5H3,(H2,24,25,26). The van der Waals surface area contributed by atoms with E-state index in [1.165, 1.54) is 29.7 Å². The molecule has 0 bridgehead atoms. The van der Waals surface area contributed by atoms with Crippen LogP contribution in [-0.2, 0) is 15.4 Å². The molecule has 172 valence electrons. The molecule has 0 aliphatic heterocycles. The van der Waals surface area contributed by atoms with Gasteiger partial charge in [-0.25, -0.2) is 27.8 Å². The third-order valence-electron chi connectivity index (χ3n) is 4.29. The summed E-state index contributed by atoms with van der Waals surface area (Å²) in [5.41, 5.74) is 6.08. The van der Waals surface area contributed by atoms with E-state index < -0.39 is 15.8 Å². The van der Waals surface area contributed by atoms with Crippen molar-refractivity contribution in [2.24, 2.45) is 5.92 Å². The van der Waals surface area contributed by atoms with E-state index in [0.717, 1.165) is 5.01 Å². The van der Waals surface area contributed by atoms with Crippen molar-refractivity contribution in [3.8, 4) is 21.8 Å². The Morgan fingerprint density at radius 1 is 1.25 bits per heavy atom. The monoisotopic (exact) mass is 497 g/mol. The smallest absolute Gasteiger partial charge is 0.233 e. The first-order chi connectivity index (χ1) is 14.8. The zero-order chi connectivity index (χ0) is 23.8. The Morgan fingerprint density at radius 2 is 1.94 bits per heavy atom. The molecule has 1 aromatic carbocycles. The van der Waals surface area contributed by atoms with Crippen LogP contribution in [0.3, 0.4) is 0 Å². The topological polar surface area (TPSA) is 111 Å². The molecule has 0 fully saturated rings. The van der Waals surface area contributed by atoms with Crippen molar-refractivity contribution in [2.45, 2.75) is 40.0 Å². The minimum atomic E-state index is -3.76. The van der Waals surface area contributed by atoms with Crippen LogP contribution >= 0.6 is 22.9 Å². The molecule has 3 N–H and O–H groups in total. The van der Waals surface area contributed by atoms with E-state index in [0.29, 0.717) is 16.3 Å². The minimum absolute atomic E-state index is 0.0682. The summed E-state index contributed by atoms with van der Waals surface area (Å²) >= 11 is 7.61. The summed E-state index contributed by atoms with van der Waals surface area (Å²) in [5, 5.41) is 0.920. The average molecular weight is 498 g/mol. The fourth-order valence-corrected chi connectivity index (χ4v) is 5.75. The molecule has 0 atom stereocenters. The fourth-order valence-electron chi connectivity index (χ4n) is 2.98. The highest BCUT2D eigenvalue weighted by Crippen LogP contribution is 2.42. The molecule has 0 aliphatic rings. The van der Waals surface area contributed by atoms with Crippen LogP contribution in [0.1, 0.15) is 39.6 Å². The number of benzene rings is 1. The SMILES string of the molecule is CC(C)CS(=O)(=O)Nc1cc(Cl)cc(-c2nc(C(C)(C)C)sc2-c2ccnc(N)n2)c1F. The molecule has 0 saturated heterocycles. The molecule has 32 heavy (non-hydrogen) atoms. The van der Waals surface area contributed by atoms with Crippen LogP contribution < -0.4 is 10.5 Å². The number of aromatic nitrogens is 3. The zero-order valence-corrected chi connectivity index (χ0v) is 20.8. The molecule has 11 heteroatoms. The third kappa shape index (κ3) is 5.54. The van der Waals surface area contributed by atoms with E-state index in [-0.39, 0.29) is 39.3 Å². The molecule has 0 saturated carbocycles. The van der Waals surface area contributed by atoms with Gasteiger partial charge in [0.15, 0.2) is 5.82 Å². The highest BCUT2D eigenvalue weighted by molar-refractivity contribution is 7.92. The second-order valence-corrected chi connectivity index (χ2v) is 12.0. The maximum Gasteiger partial charge on any atom is 0.233 e. The van der Waals surface area contributed by atoms with E-state index in [1.54, 1.807) is 19.9 Å². The normalized spacial score (nSPS) is 12.4. The number of hydrogen-bond acceptors (Lipinski definition) is 7. The number of sulfonamides is 1. The van der Waals surface area contributed by atoms with Gasteiger partial charge >= 0.3 is 0 Å². The summed E-state index contributed by atoms with van der Waals surface area (Å²) in [6.07, 6.45) is 1.51. The second kappa shape index (κ2) is 8.92. The number of nitrogens with one attached hydrogen (secondary N) is 1. The molecule has 0 aliphatic carbocycles. The number of nitrogen functional groups attached to an aromatic ring is 1. The molecule has 3 aromatic rings. The Labute approximate surface area is 196 Å². The fraction of sp³-hybridized carbons (Fsp3) is 0.381. The Bertz CT molecular complexity index is 1250. The summed E-state index contributed by atoms with van der Waals surface area (Å²) in [6.45, 7) is 9.51. The van der Waals surface area contributed by atoms with Gasteiger partial charge in [0, 0.05) is 22.2 Å². The minimum Gasteiger partial charge on any atom is -0.368 e. The number of anilines is 2. The lowest BCUT2D eigenvalue weighted by Gasteiger charge is -2.14. The Morgan fingerprint density at radius 3 is 2.53 bits per heavy atom. The Hall–Kier alpha value is -2.30. The van der Waals surface area contributed by atoms with Crippen LogP contribution in [0.5, 0.6) is 0 Å². The zero-order valence-electron chi connectivity index (χ0n) is 18.4. The van der Waals surface area contributed by atoms with Gasteiger partial charge in [-0.1, -0.05) is 46.2 Å². The lowest BCUT2D eigenvalue weighted by molar-refractivity contribution is 0.585. The van der Waals surface area contributed by atoms with Crippen LogP contribution in [-0.4, -0.2) is 29.1 Å². The molecule has 2 aromatic heterocycles. The molecule has 7 nitrogen and oxygen atoms in total. The Balaban J connectivity index is 2.21. The highest BCUT2D eigenvalue weighted by Gasteiger charge is 2.27. The van der Waals surface area contributed by atoms with Gasteiger partial charge in [0.05, 0.1) is 32.7 Å². The maximum absolute atomic E-state index is 15.6. The number of hydrogen-bond donors (Lipinski definition) is 2. The highest BCUT2D eigenvalue weighted by atomic mass is 35.5. The summed E-state index contributed by atoms with van der Waals surface area (Å²) in [5.74, 6) is -0.967. The van der Waals surface area contributed by atoms with E-state index in [2.05, 4.69) is 19.7 Å². The van der Waals surface area contributed by atoms with Crippen LogP contribution in [0.2, 0.25) is 5.02 Å². The first-order valence-corrected chi connectivity index (χ1v) is 12.7. The number of nitrogens with zero attached hydrogens (tertiary/aromatic N) is 3. The quantitative estimate of drug-likeness (QED) is 0.475. The van der Waals surface area contributed by atoms with Crippen molar-refractivity contribution in [1.82, 2.24) is 15.0 Å². The van der Waals surface area contributed by atoms with Gasteiger partial charge in [0.1, 0.15) is 0 Å². The van der Waals surface area contributed by atoms with Gasteiger partial charge in [0.25, 0.3) is 0 Å². The van der Waals surface area contributed by atoms with Crippen LogP contribution in [0.4, 0.5) is 16.0 Å². The Kier molecular flexibility index (Phi) is 6.78. The molecule has 0 unspecified atom stereocenters. The molecular weight excluding hydrogens is 473 g/mol. The van der Waals surface area contributed by atoms with Gasteiger partial charge in [-0.2, -0.15) is 0 Å². The molecule has 0 amide bonds. The molecule has 3 rings (SSSR count). The first kappa shape index (κ1) is 24.3. The number of thiazole rings is 1. The van der Waals surface area contributed by atoms with E-state index >= 15 is 4.39 Å². The van der Waals surface area contributed by atoms with Crippen molar-refractivity contribution in [3.05, 3.63) is 40.2 Å². The lowest BCUT2D eigenvalue weighted by Crippen LogP contribution is -2.20. The number of nitrogens with two attached hydrogens (primary N) is 1. The first-order valence-electron chi connectivity index (χ1n) is 9.87. The van der Waals surface area contributed by atoms with Crippen LogP contribution in [0, 0.1) is 11.7 Å². The summed E-state index contributed by atoms with van der Waals surface area (Å²) in [7, 11) is -3.76. The van der Waals surface area contributed by atoms with E-state index in [4.69, 9.17) is 17.3 Å².